The van der Waals surface area contributed by atoms with E-state index in [-0.39, 0.29) is 5.57 Å². The maximum absolute atomic E-state index is 12.1. The first kappa shape index (κ1) is 17.1. The monoisotopic (exact) mass is 321 g/mol. The molecule has 2 rings (SSSR count). The number of carbonyl (C=O) groups is 1. The number of nitrogens with one attached hydrogen (secondary N) is 2. The highest BCUT2D eigenvalue weighted by atomic mass is 16.5. The van der Waals surface area contributed by atoms with E-state index in [0.717, 1.165) is 16.9 Å². The Bertz CT molecular complexity index is 774. The minimum Gasteiger partial charge on any atom is -0.496 e. The third-order valence-corrected chi connectivity index (χ3v) is 3.41. The van der Waals surface area contributed by atoms with E-state index in [4.69, 9.17) is 4.74 Å². The van der Waals surface area contributed by atoms with Crippen LogP contribution in [0.5, 0.6) is 5.75 Å². The van der Waals surface area contributed by atoms with Gasteiger partial charge >= 0.3 is 0 Å². The Balaban J connectivity index is 1.99. The molecular formula is C19H19N3O2. The zero-order valence-electron chi connectivity index (χ0n) is 13.7. The molecule has 0 bridgehead atoms. The average Bonchev–Trinajstić information content (AvgIpc) is 2.61. The minimum atomic E-state index is -0.450. The molecular weight excluding hydrogens is 302 g/mol. The summed E-state index contributed by atoms with van der Waals surface area (Å²) < 4.78 is 5.26. The number of benzene rings is 2. The first-order chi connectivity index (χ1) is 11.6. The largest absolute Gasteiger partial charge is 0.496 e. The van der Waals surface area contributed by atoms with E-state index in [1.54, 1.807) is 19.2 Å². The van der Waals surface area contributed by atoms with E-state index >= 15 is 0 Å². The van der Waals surface area contributed by atoms with Crippen LogP contribution in [0.4, 0.5) is 5.69 Å². The fraction of sp³-hybridized carbons (Fsp3) is 0.158. The lowest BCUT2D eigenvalue weighted by atomic mass is 10.2. The number of hydrogen-bond acceptors (Lipinski definition) is 4. The van der Waals surface area contributed by atoms with Crippen LogP contribution in [0.15, 0.2) is 60.3 Å². The second-order valence-electron chi connectivity index (χ2n) is 5.18. The molecule has 0 atom stereocenters. The van der Waals surface area contributed by atoms with Crippen molar-refractivity contribution in [1.29, 1.82) is 5.26 Å². The Labute approximate surface area is 141 Å². The molecule has 0 aliphatic heterocycles. The number of methoxy groups -OCH3 is 1. The van der Waals surface area contributed by atoms with Crippen molar-refractivity contribution in [2.45, 2.75) is 13.5 Å². The van der Waals surface area contributed by atoms with Gasteiger partial charge in [0.1, 0.15) is 17.4 Å². The topological polar surface area (TPSA) is 74.1 Å². The van der Waals surface area contributed by atoms with Gasteiger partial charge in [-0.1, -0.05) is 35.9 Å². The molecule has 2 aromatic rings. The van der Waals surface area contributed by atoms with E-state index in [9.17, 15) is 10.1 Å². The van der Waals surface area contributed by atoms with Crippen LogP contribution in [0, 0.1) is 18.3 Å². The quantitative estimate of drug-likeness (QED) is 0.633. The average molecular weight is 321 g/mol. The summed E-state index contributed by atoms with van der Waals surface area (Å²) in [4.78, 5) is 12.1. The number of hydrogen-bond donors (Lipinski definition) is 2. The maximum Gasteiger partial charge on any atom is 0.267 e. The lowest BCUT2D eigenvalue weighted by Gasteiger charge is -2.08. The first-order valence-electron chi connectivity index (χ1n) is 7.47. The van der Waals surface area contributed by atoms with Gasteiger partial charge in [0, 0.05) is 24.0 Å². The van der Waals surface area contributed by atoms with E-state index < -0.39 is 5.91 Å². The molecule has 24 heavy (non-hydrogen) atoms. The number of amides is 1. The lowest BCUT2D eigenvalue weighted by molar-refractivity contribution is -0.112. The van der Waals surface area contributed by atoms with Gasteiger partial charge in [-0.3, -0.25) is 4.79 Å². The van der Waals surface area contributed by atoms with E-state index in [2.05, 4.69) is 10.6 Å². The van der Waals surface area contributed by atoms with Crippen molar-refractivity contribution in [2.24, 2.45) is 0 Å². The predicted molar refractivity (Wildman–Crippen MR) is 93.3 cm³/mol. The fourth-order valence-corrected chi connectivity index (χ4v) is 2.10. The van der Waals surface area contributed by atoms with Gasteiger partial charge in [0.15, 0.2) is 0 Å². The Hall–Kier alpha value is -3.26. The van der Waals surface area contributed by atoms with E-state index in [0.29, 0.717) is 12.2 Å². The molecule has 0 aliphatic carbocycles. The molecule has 122 valence electrons. The second-order valence-corrected chi connectivity index (χ2v) is 5.18. The van der Waals surface area contributed by atoms with Crippen molar-refractivity contribution >= 4 is 11.6 Å². The van der Waals surface area contributed by atoms with Crippen LogP contribution in [0.25, 0.3) is 0 Å². The molecule has 0 heterocycles. The van der Waals surface area contributed by atoms with Crippen LogP contribution in [-0.2, 0) is 11.3 Å². The van der Waals surface area contributed by atoms with Crippen LogP contribution < -0.4 is 15.4 Å². The normalized spacial score (nSPS) is 10.6. The SMILES string of the molecule is COc1ccccc1CN/C=C(/C#N)C(=O)Nc1ccc(C)cc1. The van der Waals surface area contributed by atoms with Gasteiger partial charge in [0.2, 0.25) is 0 Å². The molecule has 5 heteroatoms. The summed E-state index contributed by atoms with van der Waals surface area (Å²) >= 11 is 0. The molecule has 0 fully saturated rings. The Morgan fingerprint density at radius 2 is 1.92 bits per heavy atom. The van der Waals surface area contributed by atoms with Crippen LogP contribution in [0.1, 0.15) is 11.1 Å². The van der Waals surface area contributed by atoms with Crippen molar-refractivity contribution < 1.29 is 9.53 Å². The zero-order chi connectivity index (χ0) is 17.4. The molecule has 0 saturated heterocycles. The highest BCUT2D eigenvalue weighted by Crippen LogP contribution is 2.16. The van der Waals surface area contributed by atoms with Crippen molar-refractivity contribution in [3.63, 3.8) is 0 Å². The Morgan fingerprint density at radius 3 is 2.58 bits per heavy atom. The molecule has 0 radical (unpaired) electrons. The lowest BCUT2D eigenvalue weighted by Crippen LogP contribution is -2.16. The Kier molecular flexibility index (Phi) is 5.98. The standard InChI is InChI=1S/C19H19N3O2/c1-14-7-9-17(10-8-14)22-19(23)16(11-20)13-21-12-15-5-3-4-6-18(15)24-2/h3-10,13,21H,12H2,1-2H3,(H,22,23)/b16-13-. The van der Waals surface area contributed by atoms with Gasteiger partial charge in [-0.05, 0) is 25.1 Å². The zero-order valence-corrected chi connectivity index (χ0v) is 13.7. The number of aryl methyl sites for hydroxylation is 1. The minimum absolute atomic E-state index is 0.00507. The van der Waals surface area contributed by atoms with Crippen LogP contribution >= 0.6 is 0 Å². The van der Waals surface area contributed by atoms with Gasteiger partial charge in [-0.15, -0.1) is 0 Å². The smallest absolute Gasteiger partial charge is 0.267 e. The summed E-state index contributed by atoms with van der Waals surface area (Å²) in [7, 11) is 1.60. The van der Waals surface area contributed by atoms with Crippen molar-refractivity contribution in [3.8, 4) is 11.8 Å². The fourth-order valence-electron chi connectivity index (χ4n) is 2.10. The molecule has 0 spiro atoms. The van der Waals surface area contributed by atoms with Gasteiger partial charge < -0.3 is 15.4 Å². The first-order valence-corrected chi connectivity index (χ1v) is 7.47. The number of carbonyl (C=O) groups excluding carboxylic acids is 1. The number of nitriles is 1. The van der Waals surface area contributed by atoms with Gasteiger partial charge in [0.05, 0.1) is 7.11 Å². The van der Waals surface area contributed by atoms with E-state index in [1.165, 1.54) is 6.20 Å². The molecule has 0 saturated carbocycles. The molecule has 0 aromatic heterocycles. The molecule has 1 amide bonds. The summed E-state index contributed by atoms with van der Waals surface area (Å²) in [5.41, 5.74) is 2.69. The number of rotatable bonds is 6. The van der Waals surface area contributed by atoms with Crippen molar-refractivity contribution in [1.82, 2.24) is 5.32 Å². The number of ether oxygens (including phenoxy) is 1. The van der Waals surface area contributed by atoms with Crippen molar-refractivity contribution in [2.75, 3.05) is 12.4 Å². The van der Waals surface area contributed by atoms with Gasteiger partial charge in [-0.2, -0.15) is 5.26 Å². The second kappa shape index (κ2) is 8.39. The molecule has 2 aromatic carbocycles. The molecule has 0 unspecified atom stereocenters. The number of para-hydroxylation sites is 1. The summed E-state index contributed by atoms with van der Waals surface area (Å²) in [6, 6.07) is 16.8. The third-order valence-electron chi connectivity index (χ3n) is 3.41. The third kappa shape index (κ3) is 4.62. The molecule has 0 aliphatic rings. The summed E-state index contributed by atoms with van der Waals surface area (Å²) in [5, 5.41) is 14.8. The van der Waals surface area contributed by atoms with Crippen LogP contribution in [0.2, 0.25) is 0 Å². The maximum atomic E-state index is 12.1. The van der Waals surface area contributed by atoms with Crippen LogP contribution in [0.3, 0.4) is 0 Å². The highest BCUT2D eigenvalue weighted by Gasteiger charge is 2.09. The number of nitrogens with zero attached hydrogens (tertiary/aromatic N) is 1. The number of anilines is 1. The predicted octanol–water partition coefficient (Wildman–Crippen LogP) is 3.14. The van der Waals surface area contributed by atoms with Crippen LogP contribution in [-0.4, -0.2) is 13.0 Å². The van der Waals surface area contributed by atoms with Gasteiger partial charge in [0.25, 0.3) is 5.91 Å². The van der Waals surface area contributed by atoms with E-state index in [1.807, 2.05) is 49.4 Å². The highest BCUT2D eigenvalue weighted by molar-refractivity contribution is 6.06. The van der Waals surface area contributed by atoms with Crippen molar-refractivity contribution in [3.05, 3.63) is 71.4 Å². The van der Waals surface area contributed by atoms with Gasteiger partial charge in [-0.25, -0.2) is 0 Å². The summed E-state index contributed by atoms with van der Waals surface area (Å²) in [6.45, 7) is 2.42. The molecule has 2 N–H and O–H groups in total. The Morgan fingerprint density at radius 1 is 1.21 bits per heavy atom. The summed E-state index contributed by atoms with van der Waals surface area (Å²) in [5.74, 6) is 0.301. The summed E-state index contributed by atoms with van der Waals surface area (Å²) in [6.07, 6.45) is 1.41. The molecule has 5 nitrogen and oxygen atoms in total.